The number of alkyl halides is 3. The van der Waals surface area contributed by atoms with Crippen LogP contribution in [0.4, 0.5) is 18.9 Å². The van der Waals surface area contributed by atoms with Gasteiger partial charge >= 0.3 is 6.18 Å². The van der Waals surface area contributed by atoms with Crippen molar-refractivity contribution in [3.63, 3.8) is 0 Å². The molecule has 0 heterocycles. The lowest BCUT2D eigenvalue weighted by Crippen LogP contribution is -2.37. The van der Waals surface area contributed by atoms with Crippen molar-refractivity contribution in [1.82, 2.24) is 4.31 Å². The van der Waals surface area contributed by atoms with Gasteiger partial charge in [-0.05, 0) is 54.1 Å². The number of amides is 1. The minimum Gasteiger partial charge on any atom is -0.325 e. The van der Waals surface area contributed by atoms with Crippen LogP contribution in [0.3, 0.4) is 0 Å². The molecule has 3 aromatic rings. The number of benzene rings is 3. The van der Waals surface area contributed by atoms with Crippen LogP contribution in [0.5, 0.6) is 0 Å². The molecule has 12 heteroatoms. The summed E-state index contributed by atoms with van der Waals surface area (Å²) in [5, 5.41) is 2.07. The van der Waals surface area contributed by atoms with E-state index in [0.29, 0.717) is 21.1 Å². The first kappa shape index (κ1) is 26.5. The summed E-state index contributed by atoms with van der Waals surface area (Å²) in [6.07, 6.45) is -4.72. The number of rotatable bonds is 7. The van der Waals surface area contributed by atoms with E-state index >= 15 is 0 Å². The first-order valence-electron chi connectivity index (χ1n) is 9.53. The van der Waals surface area contributed by atoms with Crippen LogP contribution in [0.15, 0.2) is 76.1 Å². The summed E-state index contributed by atoms with van der Waals surface area (Å²) in [5.41, 5.74) is -0.855. The van der Waals surface area contributed by atoms with Crippen LogP contribution >= 0.6 is 39.1 Å². The SMILES string of the molecule is O=C(CN(Cc1ccccc1Cl)S(=O)(=O)c1ccc(Br)cc1)Nc1ccc(Cl)c(C(F)(F)F)c1. The molecule has 3 rings (SSSR count). The number of carbonyl (C=O) groups is 1. The van der Waals surface area contributed by atoms with E-state index in [1.54, 1.807) is 24.3 Å². The number of hydrogen-bond donors (Lipinski definition) is 1. The van der Waals surface area contributed by atoms with E-state index in [4.69, 9.17) is 23.2 Å². The third-order valence-corrected chi connectivity index (χ3v) is 7.66. The zero-order valence-electron chi connectivity index (χ0n) is 17.1. The molecule has 180 valence electrons. The summed E-state index contributed by atoms with van der Waals surface area (Å²) >= 11 is 15.0. The van der Waals surface area contributed by atoms with Crippen LogP contribution < -0.4 is 5.32 Å². The first-order valence-corrected chi connectivity index (χ1v) is 12.5. The maximum Gasteiger partial charge on any atom is 0.417 e. The number of nitrogens with zero attached hydrogens (tertiary/aromatic N) is 1. The molecule has 1 N–H and O–H groups in total. The lowest BCUT2D eigenvalue weighted by Gasteiger charge is -2.22. The summed E-state index contributed by atoms with van der Waals surface area (Å²) < 4.78 is 67.5. The predicted molar refractivity (Wildman–Crippen MR) is 128 cm³/mol. The number of carbonyl (C=O) groups excluding carboxylic acids is 1. The molecule has 0 unspecified atom stereocenters. The first-order chi connectivity index (χ1) is 15.9. The fraction of sp³-hybridized carbons (Fsp3) is 0.136. The number of sulfonamides is 1. The van der Waals surface area contributed by atoms with Gasteiger partial charge in [0, 0.05) is 21.7 Å². The van der Waals surface area contributed by atoms with Gasteiger partial charge in [0.15, 0.2) is 0 Å². The van der Waals surface area contributed by atoms with Crippen LogP contribution in [-0.2, 0) is 27.5 Å². The number of halogens is 6. The van der Waals surface area contributed by atoms with Crippen LogP contribution in [0.2, 0.25) is 10.0 Å². The molecule has 3 aromatic carbocycles. The quantitative estimate of drug-likeness (QED) is 0.334. The highest BCUT2D eigenvalue weighted by Crippen LogP contribution is 2.36. The van der Waals surface area contributed by atoms with E-state index in [1.807, 2.05) is 0 Å². The Kier molecular flexibility index (Phi) is 8.30. The summed E-state index contributed by atoms with van der Waals surface area (Å²) in [5.74, 6) is -0.844. The highest BCUT2D eigenvalue weighted by Gasteiger charge is 2.34. The fourth-order valence-corrected chi connectivity index (χ4v) is 5.04. The Morgan fingerprint density at radius 1 is 0.971 bits per heavy atom. The normalized spacial score (nSPS) is 12.1. The van der Waals surface area contributed by atoms with Crippen molar-refractivity contribution in [2.24, 2.45) is 0 Å². The van der Waals surface area contributed by atoms with Crippen molar-refractivity contribution in [3.05, 3.63) is 92.4 Å². The Morgan fingerprint density at radius 2 is 1.62 bits per heavy atom. The second kappa shape index (κ2) is 10.7. The average Bonchev–Trinajstić information content (AvgIpc) is 2.75. The third kappa shape index (κ3) is 6.51. The van der Waals surface area contributed by atoms with Crippen molar-refractivity contribution in [2.45, 2.75) is 17.6 Å². The number of hydrogen-bond acceptors (Lipinski definition) is 3. The summed E-state index contributed by atoms with van der Waals surface area (Å²) in [4.78, 5) is 12.6. The van der Waals surface area contributed by atoms with E-state index in [2.05, 4.69) is 21.2 Å². The van der Waals surface area contributed by atoms with Gasteiger partial charge in [-0.25, -0.2) is 8.42 Å². The lowest BCUT2D eigenvalue weighted by atomic mass is 10.2. The van der Waals surface area contributed by atoms with E-state index in [0.717, 1.165) is 10.4 Å². The monoisotopic (exact) mass is 594 g/mol. The van der Waals surface area contributed by atoms with Crippen LogP contribution in [0.1, 0.15) is 11.1 Å². The second-order valence-corrected chi connectivity index (χ2v) is 10.7. The summed E-state index contributed by atoms with van der Waals surface area (Å²) in [7, 11) is -4.17. The largest absolute Gasteiger partial charge is 0.417 e. The van der Waals surface area contributed by atoms with E-state index in [9.17, 15) is 26.4 Å². The Balaban J connectivity index is 1.90. The van der Waals surface area contributed by atoms with E-state index in [-0.39, 0.29) is 17.1 Å². The van der Waals surface area contributed by atoms with Gasteiger partial charge < -0.3 is 5.32 Å². The molecule has 0 aliphatic carbocycles. The standard InChI is InChI=1S/C22H16BrCl2F3N2O3S/c23-15-5-8-17(9-6-15)34(32,33)30(12-14-3-1-2-4-19(14)24)13-21(31)29-16-7-10-20(25)18(11-16)22(26,27)28/h1-11H,12-13H2,(H,29,31). The van der Waals surface area contributed by atoms with Gasteiger partial charge in [0.05, 0.1) is 22.0 Å². The Bertz CT molecular complexity index is 1300. The average molecular weight is 596 g/mol. The van der Waals surface area contributed by atoms with Crippen LogP contribution in [0, 0.1) is 0 Å². The maximum absolute atomic E-state index is 13.3. The minimum atomic E-state index is -4.72. The van der Waals surface area contributed by atoms with Gasteiger partial charge in [0.1, 0.15) is 0 Å². The predicted octanol–water partition coefficient (Wildman–Crippen LogP) is 6.60. The van der Waals surface area contributed by atoms with Crippen molar-refractivity contribution in [3.8, 4) is 0 Å². The number of nitrogens with one attached hydrogen (secondary N) is 1. The van der Waals surface area contributed by atoms with E-state index in [1.165, 1.54) is 30.3 Å². The Morgan fingerprint density at radius 3 is 2.24 bits per heavy atom. The molecule has 0 spiro atoms. The molecule has 0 saturated heterocycles. The number of anilines is 1. The van der Waals surface area contributed by atoms with Gasteiger partial charge in [-0.1, -0.05) is 57.3 Å². The molecule has 0 radical (unpaired) electrons. The van der Waals surface area contributed by atoms with Crippen LogP contribution in [-0.4, -0.2) is 25.2 Å². The third-order valence-electron chi connectivity index (χ3n) is 4.63. The molecule has 34 heavy (non-hydrogen) atoms. The molecule has 0 atom stereocenters. The molecular formula is C22H16BrCl2F3N2O3S. The van der Waals surface area contributed by atoms with Crippen molar-refractivity contribution >= 4 is 60.7 Å². The Labute approximate surface area is 212 Å². The van der Waals surface area contributed by atoms with Gasteiger partial charge in [-0.3, -0.25) is 4.79 Å². The summed E-state index contributed by atoms with van der Waals surface area (Å²) in [6.45, 7) is -0.909. The molecule has 0 aromatic heterocycles. The smallest absolute Gasteiger partial charge is 0.325 e. The highest BCUT2D eigenvalue weighted by atomic mass is 79.9. The van der Waals surface area contributed by atoms with Gasteiger partial charge in [-0.15, -0.1) is 0 Å². The van der Waals surface area contributed by atoms with Crippen LogP contribution in [0.25, 0.3) is 0 Å². The molecule has 0 bridgehead atoms. The molecule has 1 amide bonds. The van der Waals surface area contributed by atoms with Gasteiger partial charge in [0.2, 0.25) is 15.9 Å². The second-order valence-electron chi connectivity index (χ2n) is 7.06. The molecule has 0 aliphatic rings. The zero-order chi connectivity index (χ0) is 25.1. The topological polar surface area (TPSA) is 66.5 Å². The molecule has 5 nitrogen and oxygen atoms in total. The molecule has 0 fully saturated rings. The summed E-state index contributed by atoms with van der Waals surface area (Å²) in [6, 6.07) is 15.2. The van der Waals surface area contributed by atoms with Crippen molar-refractivity contribution < 1.29 is 26.4 Å². The van der Waals surface area contributed by atoms with Crippen molar-refractivity contribution in [1.29, 1.82) is 0 Å². The highest BCUT2D eigenvalue weighted by molar-refractivity contribution is 9.10. The fourth-order valence-electron chi connectivity index (χ4n) is 2.98. The van der Waals surface area contributed by atoms with Gasteiger partial charge in [-0.2, -0.15) is 17.5 Å². The lowest BCUT2D eigenvalue weighted by molar-refractivity contribution is -0.137. The molecular weight excluding hydrogens is 580 g/mol. The Hall–Kier alpha value is -2.11. The maximum atomic E-state index is 13.3. The van der Waals surface area contributed by atoms with Crippen molar-refractivity contribution in [2.75, 3.05) is 11.9 Å². The van der Waals surface area contributed by atoms with Gasteiger partial charge in [0.25, 0.3) is 0 Å². The molecule has 0 saturated carbocycles. The molecule has 0 aliphatic heterocycles. The minimum absolute atomic E-state index is 0.0681. The van der Waals surface area contributed by atoms with E-state index < -0.39 is 39.2 Å². The zero-order valence-corrected chi connectivity index (χ0v) is 21.0.